The first kappa shape index (κ1) is 18.4. The number of anilines is 1. The zero-order valence-corrected chi connectivity index (χ0v) is 16.5. The summed E-state index contributed by atoms with van der Waals surface area (Å²) < 4.78 is 5.46. The maximum atomic E-state index is 13.3. The van der Waals surface area contributed by atoms with Crippen molar-refractivity contribution in [3.63, 3.8) is 0 Å². The highest BCUT2D eigenvalue weighted by Crippen LogP contribution is 2.32. The van der Waals surface area contributed by atoms with Crippen molar-refractivity contribution < 1.29 is 19.4 Å². The predicted octanol–water partition coefficient (Wildman–Crippen LogP) is 1.62. The summed E-state index contributed by atoms with van der Waals surface area (Å²) in [6, 6.07) is 15.5. The van der Waals surface area contributed by atoms with E-state index in [2.05, 4.69) is 16.8 Å². The fourth-order valence-corrected chi connectivity index (χ4v) is 3.99. The summed E-state index contributed by atoms with van der Waals surface area (Å²) in [7, 11) is 1.67. The number of methoxy groups -OCH3 is 1. The van der Waals surface area contributed by atoms with Gasteiger partial charge in [-0.1, -0.05) is 30.3 Å². The molecule has 0 amide bonds. The number of quaternary nitrogens is 1. The molecule has 5 heteroatoms. The zero-order chi connectivity index (χ0) is 19.5. The third kappa shape index (κ3) is 3.45. The maximum Gasteiger partial charge on any atom is 0.213 e. The van der Waals surface area contributed by atoms with Crippen LogP contribution < -0.4 is 19.5 Å². The molecule has 2 heterocycles. The number of aromatic nitrogens is 1. The maximum absolute atomic E-state index is 13.3. The van der Waals surface area contributed by atoms with Gasteiger partial charge in [0.2, 0.25) is 11.3 Å². The Hall–Kier alpha value is -2.92. The lowest BCUT2D eigenvalue weighted by Gasteiger charge is -2.34. The van der Waals surface area contributed by atoms with Crippen molar-refractivity contribution in [2.75, 3.05) is 44.7 Å². The van der Waals surface area contributed by atoms with E-state index in [1.54, 1.807) is 12.0 Å². The number of piperazine rings is 1. The van der Waals surface area contributed by atoms with Gasteiger partial charge in [0.15, 0.2) is 6.20 Å². The standard InChI is InChI=1S/C23H25N3O2/c1-3-25-11-13-26(14-12-25)22-19-15-18(28-2)9-10-21(19)24-16-20(22)23(27)17-7-5-4-6-8-17/h4-10,15-16H,3,11-14H2,1-2H3/p+2. The predicted molar refractivity (Wildman–Crippen MR) is 110 cm³/mol. The van der Waals surface area contributed by atoms with Gasteiger partial charge < -0.3 is 14.5 Å². The molecule has 1 saturated heterocycles. The van der Waals surface area contributed by atoms with Crippen LogP contribution >= 0.6 is 0 Å². The number of rotatable bonds is 5. The van der Waals surface area contributed by atoms with E-state index in [0.717, 1.165) is 55.1 Å². The number of hydrogen-bond donors (Lipinski definition) is 1. The summed E-state index contributed by atoms with van der Waals surface area (Å²) in [6.45, 7) is 7.41. The lowest BCUT2D eigenvalue weighted by Crippen LogP contribution is -3.14. The SMILES string of the molecule is CC[NH+]1CCN(c2c(C(=O)c3ccccc3)c[nH+]c3ccc(OC)cc23)CC1. The molecule has 1 aliphatic heterocycles. The first-order valence-corrected chi connectivity index (χ1v) is 9.92. The molecule has 0 aliphatic carbocycles. The highest BCUT2D eigenvalue weighted by molar-refractivity contribution is 6.15. The van der Waals surface area contributed by atoms with Crippen molar-refractivity contribution in [1.29, 1.82) is 0 Å². The Bertz CT molecular complexity index is 980. The Kier molecular flexibility index (Phi) is 5.26. The number of fused-ring (bicyclic) bond motifs is 1. The van der Waals surface area contributed by atoms with E-state index in [0.29, 0.717) is 11.1 Å². The average Bonchev–Trinajstić information content (AvgIpc) is 2.78. The molecule has 3 aromatic rings. The largest absolute Gasteiger partial charge is 0.497 e. The number of nitrogens with zero attached hydrogens (tertiary/aromatic N) is 1. The van der Waals surface area contributed by atoms with Gasteiger partial charge in [-0.3, -0.25) is 4.79 Å². The number of ketones is 1. The number of pyridine rings is 1. The van der Waals surface area contributed by atoms with Crippen molar-refractivity contribution in [2.24, 2.45) is 0 Å². The van der Waals surface area contributed by atoms with E-state index in [1.165, 1.54) is 0 Å². The number of ether oxygens (including phenoxy) is 1. The fraction of sp³-hybridized carbons (Fsp3) is 0.304. The van der Waals surface area contributed by atoms with Gasteiger partial charge in [0, 0.05) is 11.6 Å². The van der Waals surface area contributed by atoms with Crippen LogP contribution in [0.25, 0.3) is 10.9 Å². The van der Waals surface area contributed by atoms with E-state index in [9.17, 15) is 4.79 Å². The third-order valence-corrected chi connectivity index (χ3v) is 5.68. The summed E-state index contributed by atoms with van der Waals surface area (Å²) in [5, 5.41) is 1.03. The molecule has 1 aromatic heterocycles. The minimum Gasteiger partial charge on any atom is -0.497 e. The molecule has 2 aromatic carbocycles. The van der Waals surface area contributed by atoms with E-state index in [-0.39, 0.29) is 5.78 Å². The van der Waals surface area contributed by atoms with Crippen LogP contribution in [0, 0.1) is 0 Å². The zero-order valence-electron chi connectivity index (χ0n) is 16.5. The topological polar surface area (TPSA) is 48.1 Å². The summed E-state index contributed by atoms with van der Waals surface area (Å²) in [6.07, 6.45) is 1.86. The minimum atomic E-state index is 0.0434. The second-order valence-corrected chi connectivity index (χ2v) is 7.25. The summed E-state index contributed by atoms with van der Waals surface area (Å²) >= 11 is 0. The number of benzene rings is 2. The summed E-state index contributed by atoms with van der Waals surface area (Å²) in [5.41, 5.74) is 3.44. The van der Waals surface area contributed by atoms with Crippen LogP contribution in [0.1, 0.15) is 22.8 Å². The second-order valence-electron chi connectivity index (χ2n) is 7.25. The Morgan fingerprint density at radius 2 is 1.89 bits per heavy atom. The molecule has 0 spiro atoms. The van der Waals surface area contributed by atoms with Crippen molar-refractivity contribution >= 4 is 22.4 Å². The molecule has 0 radical (unpaired) electrons. The molecule has 5 nitrogen and oxygen atoms in total. The van der Waals surface area contributed by atoms with Crippen molar-refractivity contribution in [1.82, 2.24) is 0 Å². The van der Waals surface area contributed by atoms with Crippen molar-refractivity contribution in [2.45, 2.75) is 6.92 Å². The highest BCUT2D eigenvalue weighted by Gasteiger charge is 2.28. The Balaban J connectivity index is 1.85. The second kappa shape index (κ2) is 7.98. The lowest BCUT2D eigenvalue weighted by atomic mass is 9.99. The molecule has 28 heavy (non-hydrogen) atoms. The molecule has 144 valence electrons. The van der Waals surface area contributed by atoms with Crippen LogP contribution in [-0.2, 0) is 0 Å². The first-order chi connectivity index (χ1) is 13.7. The van der Waals surface area contributed by atoms with Crippen LogP contribution in [0.4, 0.5) is 5.69 Å². The van der Waals surface area contributed by atoms with E-state index in [4.69, 9.17) is 4.74 Å². The number of likely N-dealkylation sites (N-methyl/N-ethyl adjacent to an activating group) is 1. The molecule has 4 rings (SSSR count). The van der Waals surface area contributed by atoms with Crippen molar-refractivity contribution in [3.8, 4) is 5.75 Å². The fourth-order valence-electron chi connectivity index (χ4n) is 3.99. The molecular formula is C23H27N3O2+2. The Morgan fingerprint density at radius 1 is 1.14 bits per heavy atom. The molecule has 2 N–H and O–H groups in total. The van der Waals surface area contributed by atoms with E-state index < -0.39 is 0 Å². The first-order valence-electron chi connectivity index (χ1n) is 9.92. The van der Waals surface area contributed by atoms with Crippen molar-refractivity contribution in [3.05, 3.63) is 65.9 Å². The van der Waals surface area contributed by atoms with Gasteiger partial charge >= 0.3 is 0 Å². The molecule has 0 bridgehead atoms. The Labute approximate surface area is 165 Å². The van der Waals surface area contributed by atoms with E-state index in [1.807, 2.05) is 54.7 Å². The lowest BCUT2D eigenvalue weighted by molar-refractivity contribution is -0.898. The smallest absolute Gasteiger partial charge is 0.213 e. The number of carbonyl (C=O) groups excluding carboxylic acids is 1. The van der Waals surface area contributed by atoms with Gasteiger partial charge in [-0.05, 0) is 19.1 Å². The number of hydrogen-bond acceptors (Lipinski definition) is 3. The summed E-state index contributed by atoms with van der Waals surface area (Å²) in [4.78, 5) is 20.6. The quantitative estimate of drug-likeness (QED) is 0.688. The monoisotopic (exact) mass is 377 g/mol. The third-order valence-electron chi connectivity index (χ3n) is 5.68. The number of nitrogens with one attached hydrogen (secondary N) is 2. The molecule has 0 atom stereocenters. The van der Waals surface area contributed by atoms with Gasteiger partial charge in [0.25, 0.3) is 0 Å². The number of H-pyrrole nitrogens is 1. The molecule has 1 aliphatic rings. The minimum absolute atomic E-state index is 0.0434. The summed E-state index contributed by atoms with van der Waals surface area (Å²) in [5.74, 6) is 0.839. The van der Waals surface area contributed by atoms with Crippen LogP contribution in [-0.4, -0.2) is 45.6 Å². The van der Waals surface area contributed by atoms with Crippen LogP contribution in [0.15, 0.2) is 54.7 Å². The molecule has 0 saturated carbocycles. The average molecular weight is 377 g/mol. The molecular weight excluding hydrogens is 350 g/mol. The molecule has 1 fully saturated rings. The van der Waals surface area contributed by atoms with Crippen LogP contribution in [0.5, 0.6) is 5.75 Å². The number of aromatic amines is 1. The number of carbonyl (C=O) groups is 1. The molecule has 0 unspecified atom stereocenters. The van der Waals surface area contributed by atoms with Gasteiger partial charge in [0.05, 0.1) is 50.9 Å². The van der Waals surface area contributed by atoms with Crippen LogP contribution in [0.3, 0.4) is 0 Å². The van der Waals surface area contributed by atoms with Gasteiger partial charge in [-0.25, -0.2) is 4.98 Å². The highest BCUT2D eigenvalue weighted by atomic mass is 16.5. The van der Waals surface area contributed by atoms with Gasteiger partial charge in [-0.15, -0.1) is 0 Å². The van der Waals surface area contributed by atoms with Gasteiger partial charge in [0.1, 0.15) is 11.3 Å². The Morgan fingerprint density at radius 3 is 2.57 bits per heavy atom. The van der Waals surface area contributed by atoms with Crippen LogP contribution in [0.2, 0.25) is 0 Å². The van der Waals surface area contributed by atoms with E-state index >= 15 is 0 Å². The normalized spacial score (nSPS) is 15.0. The van der Waals surface area contributed by atoms with Gasteiger partial charge in [-0.2, -0.15) is 0 Å².